The molecule has 2 rings (SSSR count). The van der Waals surface area contributed by atoms with Crippen LogP contribution in [0.2, 0.25) is 0 Å². The molecule has 2 aliphatic rings. The van der Waals surface area contributed by atoms with Crippen LogP contribution in [0.5, 0.6) is 0 Å². The number of sulfone groups is 1. The van der Waals surface area contributed by atoms with Crippen LogP contribution >= 0.6 is 0 Å². The van der Waals surface area contributed by atoms with E-state index in [1.54, 1.807) is 0 Å². The zero-order valence-electron chi connectivity index (χ0n) is 8.93. The van der Waals surface area contributed by atoms with Gasteiger partial charge >= 0.3 is 0 Å². The number of hydrogen-bond donors (Lipinski definition) is 1. The number of rotatable bonds is 2. The van der Waals surface area contributed by atoms with Crippen molar-refractivity contribution >= 4 is 9.84 Å². The van der Waals surface area contributed by atoms with Crippen molar-refractivity contribution in [3.8, 4) is 0 Å². The Hall–Kier alpha value is -0.130. The van der Waals surface area contributed by atoms with E-state index in [-0.39, 0.29) is 6.61 Å². The lowest BCUT2D eigenvalue weighted by Gasteiger charge is -2.34. The SMILES string of the molecule is O=S1(=O)CCN(C2CCCC2CO)CC1. The summed E-state index contributed by atoms with van der Waals surface area (Å²) < 4.78 is 22.6. The molecule has 0 amide bonds. The standard InChI is InChI=1S/C10H19NO3S/c12-8-9-2-1-3-10(9)11-4-6-15(13,14)7-5-11/h9-10,12H,1-8H2. The second-order valence-electron chi connectivity index (χ2n) is 4.63. The van der Waals surface area contributed by atoms with Gasteiger partial charge in [0.25, 0.3) is 0 Å². The molecule has 0 radical (unpaired) electrons. The Balaban J connectivity index is 1.95. The summed E-state index contributed by atoms with van der Waals surface area (Å²) >= 11 is 0. The van der Waals surface area contributed by atoms with Crippen LogP contribution in [0, 0.1) is 5.92 Å². The molecular weight excluding hydrogens is 214 g/mol. The third kappa shape index (κ3) is 2.52. The zero-order chi connectivity index (χ0) is 10.9. The lowest BCUT2D eigenvalue weighted by atomic mass is 10.0. The summed E-state index contributed by atoms with van der Waals surface area (Å²) in [4.78, 5) is 2.26. The molecule has 1 saturated carbocycles. The average Bonchev–Trinajstić information content (AvgIpc) is 2.65. The Morgan fingerprint density at radius 2 is 1.87 bits per heavy atom. The van der Waals surface area contributed by atoms with E-state index in [0.29, 0.717) is 36.6 Å². The van der Waals surface area contributed by atoms with Crippen LogP contribution in [0.1, 0.15) is 19.3 Å². The van der Waals surface area contributed by atoms with Crippen molar-refractivity contribution < 1.29 is 13.5 Å². The van der Waals surface area contributed by atoms with Crippen molar-refractivity contribution in [1.82, 2.24) is 4.90 Å². The molecule has 4 nitrogen and oxygen atoms in total. The molecule has 1 saturated heterocycles. The van der Waals surface area contributed by atoms with E-state index >= 15 is 0 Å². The number of nitrogens with zero attached hydrogens (tertiary/aromatic N) is 1. The molecule has 1 N–H and O–H groups in total. The maximum atomic E-state index is 11.3. The molecule has 15 heavy (non-hydrogen) atoms. The van der Waals surface area contributed by atoms with Gasteiger partial charge < -0.3 is 5.11 Å². The van der Waals surface area contributed by atoms with Gasteiger partial charge in [-0.3, -0.25) is 4.90 Å². The Labute approximate surface area is 91.2 Å². The third-order valence-electron chi connectivity index (χ3n) is 3.70. The maximum absolute atomic E-state index is 11.3. The Bertz CT molecular complexity index is 301. The molecule has 0 aromatic carbocycles. The van der Waals surface area contributed by atoms with Gasteiger partial charge in [-0.2, -0.15) is 0 Å². The Kier molecular flexibility index (Phi) is 3.33. The minimum Gasteiger partial charge on any atom is -0.396 e. The highest BCUT2D eigenvalue weighted by Crippen LogP contribution is 2.30. The molecule has 88 valence electrons. The van der Waals surface area contributed by atoms with E-state index in [0.717, 1.165) is 12.8 Å². The third-order valence-corrected chi connectivity index (χ3v) is 5.31. The molecule has 0 spiro atoms. The number of hydrogen-bond acceptors (Lipinski definition) is 4. The van der Waals surface area contributed by atoms with Gasteiger partial charge in [0.15, 0.2) is 9.84 Å². The van der Waals surface area contributed by atoms with Crippen molar-refractivity contribution in [3.63, 3.8) is 0 Å². The van der Waals surface area contributed by atoms with Crippen LogP contribution < -0.4 is 0 Å². The lowest BCUT2D eigenvalue weighted by Crippen LogP contribution is -2.47. The van der Waals surface area contributed by atoms with E-state index < -0.39 is 9.84 Å². The van der Waals surface area contributed by atoms with E-state index in [9.17, 15) is 13.5 Å². The predicted octanol–water partition coefficient (Wildman–Crippen LogP) is -0.122. The normalized spacial score (nSPS) is 36.9. The molecule has 1 aliphatic carbocycles. The van der Waals surface area contributed by atoms with Gasteiger partial charge in [-0.05, 0) is 18.8 Å². The summed E-state index contributed by atoms with van der Waals surface area (Å²) in [7, 11) is -2.77. The van der Waals surface area contributed by atoms with Crippen molar-refractivity contribution in [2.75, 3.05) is 31.2 Å². The van der Waals surface area contributed by atoms with Gasteiger partial charge in [0, 0.05) is 25.7 Å². The van der Waals surface area contributed by atoms with Gasteiger partial charge in [0.1, 0.15) is 0 Å². The predicted molar refractivity (Wildman–Crippen MR) is 58.4 cm³/mol. The van der Waals surface area contributed by atoms with E-state index in [1.807, 2.05) is 0 Å². The van der Waals surface area contributed by atoms with Gasteiger partial charge in [0.05, 0.1) is 11.5 Å². The smallest absolute Gasteiger partial charge is 0.152 e. The van der Waals surface area contributed by atoms with Gasteiger partial charge in [0.2, 0.25) is 0 Å². The highest BCUT2D eigenvalue weighted by Gasteiger charge is 2.34. The second kappa shape index (κ2) is 4.39. The number of aliphatic hydroxyl groups is 1. The molecule has 5 heteroatoms. The summed E-state index contributed by atoms with van der Waals surface area (Å²) in [6.45, 7) is 1.56. The molecule has 0 aromatic heterocycles. The zero-order valence-corrected chi connectivity index (χ0v) is 9.75. The van der Waals surface area contributed by atoms with Crippen molar-refractivity contribution in [1.29, 1.82) is 0 Å². The fourth-order valence-electron chi connectivity index (χ4n) is 2.77. The molecule has 1 heterocycles. The molecular formula is C10H19NO3S. The maximum Gasteiger partial charge on any atom is 0.152 e. The molecule has 0 aromatic rings. The topological polar surface area (TPSA) is 57.6 Å². The van der Waals surface area contributed by atoms with Crippen LogP contribution in [-0.2, 0) is 9.84 Å². The first kappa shape index (κ1) is 11.4. The minimum absolute atomic E-state index is 0.244. The highest BCUT2D eigenvalue weighted by molar-refractivity contribution is 7.91. The van der Waals surface area contributed by atoms with Crippen molar-refractivity contribution in [2.45, 2.75) is 25.3 Å². The first-order chi connectivity index (χ1) is 7.12. The average molecular weight is 233 g/mol. The van der Waals surface area contributed by atoms with E-state index in [4.69, 9.17) is 0 Å². The van der Waals surface area contributed by atoms with Crippen LogP contribution in [0.4, 0.5) is 0 Å². The first-order valence-electron chi connectivity index (χ1n) is 5.68. The van der Waals surface area contributed by atoms with E-state index in [2.05, 4.69) is 4.90 Å². The van der Waals surface area contributed by atoms with Gasteiger partial charge in [-0.1, -0.05) is 6.42 Å². The van der Waals surface area contributed by atoms with Crippen LogP contribution in [0.15, 0.2) is 0 Å². The monoisotopic (exact) mass is 233 g/mol. The van der Waals surface area contributed by atoms with Crippen LogP contribution in [-0.4, -0.2) is 55.7 Å². The molecule has 1 aliphatic heterocycles. The lowest BCUT2D eigenvalue weighted by molar-refractivity contribution is 0.124. The van der Waals surface area contributed by atoms with Gasteiger partial charge in [-0.15, -0.1) is 0 Å². The largest absolute Gasteiger partial charge is 0.396 e. The summed E-state index contributed by atoms with van der Waals surface area (Å²) in [5.74, 6) is 0.953. The molecule has 2 fully saturated rings. The summed E-state index contributed by atoms with van der Waals surface area (Å²) in [5.41, 5.74) is 0. The fourth-order valence-corrected chi connectivity index (χ4v) is 4.00. The van der Waals surface area contributed by atoms with Gasteiger partial charge in [-0.25, -0.2) is 8.42 Å². The first-order valence-corrected chi connectivity index (χ1v) is 7.50. The van der Waals surface area contributed by atoms with Crippen LogP contribution in [0.3, 0.4) is 0 Å². The highest BCUT2D eigenvalue weighted by atomic mass is 32.2. The Morgan fingerprint density at radius 3 is 2.47 bits per heavy atom. The van der Waals surface area contributed by atoms with E-state index in [1.165, 1.54) is 6.42 Å². The van der Waals surface area contributed by atoms with Crippen molar-refractivity contribution in [2.24, 2.45) is 5.92 Å². The fraction of sp³-hybridized carbons (Fsp3) is 1.00. The Morgan fingerprint density at radius 1 is 1.20 bits per heavy atom. The molecule has 2 atom stereocenters. The second-order valence-corrected chi connectivity index (χ2v) is 6.93. The quantitative estimate of drug-likeness (QED) is 0.722. The minimum atomic E-state index is -2.77. The molecule has 0 bridgehead atoms. The number of aliphatic hydroxyl groups excluding tert-OH is 1. The van der Waals surface area contributed by atoms with Crippen molar-refractivity contribution in [3.05, 3.63) is 0 Å². The summed E-state index contributed by atoms with van der Waals surface area (Å²) in [6, 6.07) is 0.422. The molecule has 2 unspecified atom stereocenters. The van der Waals surface area contributed by atoms with Crippen LogP contribution in [0.25, 0.3) is 0 Å². The summed E-state index contributed by atoms with van der Waals surface area (Å²) in [5, 5.41) is 9.22. The summed E-state index contributed by atoms with van der Waals surface area (Å²) in [6.07, 6.45) is 3.37.